The molecule has 0 aliphatic carbocycles. The number of nitrogens with one attached hydrogen (secondary N) is 4. The maximum atomic E-state index is 13.3. The number of aromatic nitrogens is 1. The van der Waals surface area contributed by atoms with Crippen molar-refractivity contribution in [2.24, 2.45) is 0 Å². The fourth-order valence-electron chi connectivity index (χ4n) is 4.03. The summed E-state index contributed by atoms with van der Waals surface area (Å²) in [5, 5.41) is 9.76. The van der Waals surface area contributed by atoms with Crippen LogP contribution in [0.15, 0.2) is 60.8 Å². The number of hydrogen-bond acceptors (Lipinski definition) is 3. The number of carbonyl (C=O) groups is 3. The van der Waals surface area contributed by atoms with E-state index in [-0.39, 0.29) is 43.1 Å². The zero-order chi connectivity index (χ0) is 21.8. The van der Waals surface area contributed by atoms with Crippen LogP contribution in [0.4, 0.5) is 0 Å². The van der Waals surface area contributed by atoms with Gasteiger partial charge in [-0.25, -0.2) is 0 Å². The molecule has 2 heterocycles. The third-order valence-corrected chi connectivity index (χ3v) is 5.72. The number of carbonyl (C=O) groups excluding carboxylic acids is 3. The molecule has 4 rings (SSSR count). The lowest BCUT2D eigenvalue weighted by molar-refractivity contribution is -0.133. The van der Waals surface area contributed by atoms with Crippen molar-refractivity contribution >= 4 is 28.6 Å². The normalized spacial score (nSPS) is 22.9. The van der Waals surface area contributed by atoms with E-state index in [9.17, 15) is 14.4 Å². The number of H-pyrrole nitrogens is 1. The van der Waals surface area contributed by atoms with E-state index in [1.807, 2.05) is 60.8 Å². The van der Waals surface area contributed by atoms with Crippen LogP contribution in [0.2, 0.25) is 0 Å². The topological polar surface area (TPSA) is 103 Å². The van der Waals surface area contributed by atoms with Gasteiger partial charge in [0.15, 0.2) is 0 Å². The van der Waals surface area contributed by atoms with Gasteiger partial charge in [-0.3, -0.25) is 14.4 Å². The van der Waals surface area contributed by atoms with E-state index in [2.05, 4.69) is 20.9 Å². The first-order valence-electron chi connectivity index (χ1n) is 10.4. The molecule has 0 spiro atoms. The van der Waals surface area contributed by atoms with E-state index in [0.29, 0.717) is 6.42 Å². The minimum atomic E-state index is -1.16. The Morgan fingerprint density at radius 2 is 1.65 bits per heavy atom. The van der Waals surface area contributed by atoms with E-state index in [1.54, 1.807) is 6.92 Å². The van der Waals surface area contributed by atoms with Crippen LogP contribution in [0.3, 0.4) is 0 Å². The zero-order valence-corrected chi connectivity index (χ0v) is 17.4. The van der Waals surface area contributed by atoms with Crippen LogP contribution in [0.1, 0.15) is 36.9 Å². The number of hydrogen-bond donors (Lipinski definition) is 4. The number of aromatic amines is 1. The SMILES string of the molecule is C[C@]1(Cc2c[nH]c3ccccc23)NC(=O)CCC(=O)N[C@@H](c2ccccc2)CNC1=O. The van der Waals surface area contributed by atoms with E-state index >= 15 is 0 Å². The van der Waals surface area contributed by atoms with Crippen molar-refractivity contribution in [2.45, 2.75) is 37.8 Å². The second kappa shape index (κ2) is 8.63. The van der Waals surface area contributed by atoms with Gasteiger partial charge < -0.3 is 20.9 Å². The number of rotatable bonds is 3. The Morgan fingerprint density at radius 1 is 0.935 bits per heavy atom. The lowest BCUT2D eigenvalue weighted by atomic mass is 9.91. The molecule has 0 radical (unpaired) electrons. The molecule has 31 heavy (non-hydrogen) atoms. The highest BCUT2D eigenvalue weighted by atomic mass is 16.2. The molecule has 3 amide bonds. The van der Waals surface area contributed by atoms with Crippen molar-refractivity contribution in [1.82, 2.24) is 20.9 Å². The van der Waals surface area contributed by atoms with Crippen molar-refractivity contribution in [3.8, 4) is 0 Å². The van der Waals surface area contributed by atoms with Crippen LogP contribution >= 0.6 is 0 Å². The quantitative estimate of drug-likeness (QED) is 0.525. The Labute approximate surface area is 180 Å². The average Bonchev–Trinajstić information content (AvgIpc) is 3.17. The molecule has 1 aromatic heterocycles. The predicted octanol–water partition coefficient (Wildman–Crippen LogP) is 2.35. The Kier molecular flexibility index (Phi) is 5.75. The fraction of sp³-hybridized carbons (Fsp3) is 0.292. The molecule has 1 aliphatic rings. The van der Waals surface area contributed by atoms with Crippen molar-refractivity contribution in [2.75, 3.05) is 6.54 Å². The van der Waals surface area contributed by atoms with E-state index in [0.717, 1.165) is 22.0 Å². The summed E-state index contributed by atoms with van der Waals surface area (Å²) in [6.07, 6.45) is 2.28. The van der Waals surface area contributed by atoms with Crippen molar-refractivity contribution in [3.05, 3.63) is 71.9 Å². The lowest BCUT2D eigenvalue weighted by Gasteiger charge is -2.30. The molecule has 160 valence electrons. The highest BCUT2D eigenvalue weighted by Crippen LogP contribution is 2.23. The standard InChI is InChI=1S/C24H26N4O3/c1-24(13-17-14-25-19-10-6-5-9-18(17)19)23(31)26-15-20(16-7-3-2-4-8-16)27-21(29)11-12-22(30)28-24/h2-10,14,20,25H,11-13,15H2,1H3,(H,26,31)(H,27,29)(H,28,30)/t20-,24-/m1/s1. The molecule has 0 saturated carbocycles. The first-order valence-corrected chi connectivity index (χ1v) is 10.4. The van der Waals surface area contributed by atoms with E-state index in [1.165, 1.54) is 0 Å². The maximum absolute atomic E-state index is 13.3. The van der Waals surface area contributed by atoms with Crippen LogP contribution in [0, 0.1) is 0 Å². The van der Waals surface area contributed by atoms with E-state index < -0.39 is 5.54 Å². The van der Waals surface area contributed by atoms with Crippen molar-refractivity contribution < 1.29 is 14.4 Å². The maximum Gasteiger partial charge on any atom is 0.245 e. The number of benzene rings is 2. The predicted molar refractivity (Wildman–Crippen MR) is 118 cm³/mol. The van der Waals surface area contributed by atoms with E-state index in [4.69, 9.17) is 0 Å². The minimum Gasteiger partial charge on any atom is -0.361 e. The average molecular weight is 418 g/mol. The van der Waals surface area contributed by atoms with Crippen molar-refractivity contribution in [3.63, 3.8) is 0 Å². The fourth-order valence-corrected chi connectivity index (χ4v) is 4.03. The Balaban J connectivity index is 1.62. The molecule has 1 aliphatic heterocycles. The molecule has 7 heteroatoms. The summed E-state index contributed by atoms with van der Waals surface area (Å²) in [5.41, 5.74) is 1.66. The third-order valence-electron chi connectivity index (χ3n) is 5.72. The first kappa shape index (κ1) is 20.7. The summed E-state index contributed by atoms with van der Waals surface area (Å²) in [6, 6.07) is 17.0. The van der Waals surface area contributed by atoms with Gasteiger partial charge in [-0.1, -0.05) is 48.5 Å². The number of fused-ring (bicyclic) bond motifs is 1. The molecule has 1 saturated heterocycles. The van der Waals surface area contributed by atoms with Gasteiger partial charge in [-0.2, -0.15) is 0 Å². The molecule has 2 aromatic carbocycles. The van der Waals surface area contributed by atoms with Gasteiger partial charge in [0.2, 0.25) is 17.7 Å². The van der Waals surface area contributed by atoms with Crippen LogP contribution < -0.4 is 16.0 Å². The van der Waals surface area contributed by atoms with Gasteiger partial charge in [0.05, 0.1) is 6.04 Å². The monoisotopic (exact) mass is 418 g/mol. The Bertz CT molecular complexity index is 1110. The number of amides is 3. The van der Waals surface area contributed by atoms with Crippen LogP contribution in [0.25, 0.3) is 10.9 Å². The van der Waals surface area contributed by atoms with Crippen LogP contribution in [-0.4, -0.2) is 34.8 Å². The van der Waals surface area contributed by atoms with Crippen LogP contribution in [-0.2, 0) is 20.8 Å². The molecule has 7 nitrogen and oxygen atoms in total. The number of para-hydroxylation sites is 1. The van der Waals surface area contributed by atoms with Gasteiger partial charge in [0.25, 0.3) is 0 Å². The molecule has 4 N–H and O–H groups in total. The van der Waals surface area contributed by atoms with Crippen LogP contribution in [0.5, 0.6) is 0 Å². The van der Waals surface area contributed by atoms with Gasteiger partial charge in [0.1, 0.15) is 5.54 Å². The third kappa shape index (κ3) is 4.60. The second-order valence-corrected chi connectivity index (χ2v) is 8.16. The molecule has 2 atom stereocenters. The summed E-state index contributed by atoms with van der Waals surface area (Å²) in [6.45, 7) is 1.96. The van der Waals surface area contributed by atoms with Gasteiger partial charge in [-0.15, -0.1) is 0 Å². The lowest BCUT2D eigenvalue weighted by Crippen LogP contribution is -2.58. The van der Waals surface area contributed by atoms with Gasteiger partial charge in [-0.05, 0) is 24.1 Å². The summed E-state index contributed by atoms with van der Waals surface area (Å²) in [5.74, 6) is -0.840. The van der Waals surface area contributed by atoms with Crippen molar-refractivity contribution in [1.29, 1.82) is 0 Å². The summed E-state index contributed by atoms with van der Waals surface area (Å²) in [4.78, 5) is 41.5. The molecular formula is C24H26N4O3. The summed E-state index contributed by atoms with van der Waals surface area (Å²) < 4.78 is 0. The smallest absolute Gasteiger partial charge is 0.245 e. The zero-order valence-electron chi connectivity index (χ0n) is 17.4. The molecule has 3 aromatic rings. The molecule has 0 bridgehead atoms. The van der Waals surface area contributed by atoms with Gasteiger partial charge >= 0.3 is 0 Å². The summed E-state index contributed by atoms with van der Waals surface area (Å²) in [7, 11) is 0. The highest BCUT2D eigenvalue weighted by Gasteiger charge is 2.36. The largest absolute Gasteiger partial charge is 0.361 e. The second-order valence-electron chi connectivity index (χ2n) is 8.16. The first-order chi connectivity index (χ1) is 14.9. The summed E-state index contributed by atoms with van der Waals surface area (Å²) >= 11 is 0. The Morgan fingerprint density at radius 3 is 2.45 bits per heavy atom. The molecule has 0 unspecified atom stereocenters. The Hall–Kier alpha value is -3.61. The highest BCUT2D eigenvalue weighted by molar-refractivity contribution is 5.94. The molecule has 1 fully saturated rings. The minimum absolute atomic E-state index is 0.0180. The van der Waals surface area contributed by atoms with Gasteiger partial charge in [0, 0.05) is 42.9 Å². The molecular weight excluding hydrogens is 392 g/mol.